The molecule has 0 rings (SSSR count). The Labute approximate surface area is 187 Å². The Bertz CT molecular complexity index is 486. The van der Waals surface area contributed by atoms with E-state index in [2.05, 4.69) is 27.7 Å². The zero-order chi connectivity index (χ0) is 22.8. The lowest BCUT2D eigenvalue weighted by atomic mass is 10.0. The van der Waals surface area contributed by atoms with Gasteiger partial charge >= 0.3 is 11.9 Å². The third kappa shape index (κ3) is 14.7. The number of carbonyl (C=O) groups is 3. The highest BCUT2D eigenvalue weighted by Crippen LogP contribution is 2.21. The minimum Gasteiger partial charge on any atom is -0.465 e. The van der Waals surface area contributed by atoms with Crippen molar-refractivity contribution in [3.63, 3.8) is 0 Å². The van der Waals surface area contributed by atoms with Gasteiger partial charge in [0.25, 0.3) is 0 Å². The quantitative estimate of drug-likeness (QED) is 0.285. The lowest BCUT2D eigenvalue weighted by Crippen LogP contribution is -2.28. The van der Waals surface area contributed by atoms with Gasteiger partial charge in [0.1, 0.15) is 5.25 Å². The molecule has 0 heterocycles. The van der Waals surface area contributed by atoms with E-state index >= 15 is 0 Å². The highest BCUT2D eigenvalue weighted by Gasteiger charge is 2.26. The maximum absolute atomic E-state index is 12.6. The highest BCUT2D eigenvalue weighted by molar-refractivity contribution is 8.00. The summed E-state index contributed by atoms with van der Waals surface area (Å²) >= 11 is 1.24. The Morgan fingerprint density at radius 3 is 1.87 bits per heavy atom. The minimum absolute atomic E-state index is 0.0434. The van der Waals surface area contributed by atoms with Crippen LogP contribution in [0.3, 0.4) is 0 Å². The summed E-state index contributed by atoms with van der Waals surface area (Å²) in [5.41, 5.74) is 5.20. The van der Waals surface area contributed by atoms with E-state index in [1.165, 1.54) is 11.8 Å². The number of rotatable bonds is 19. The van der Waals surface area contributed by atoms with Crippen LogP contribution < -0.4 is 5.73 Å². The molecule has 3 unspecified atom stereocenters. The first-order valence-electron chi connectivity index (χ1n) is 11.6. The number of amides is 1. The maximum Gasteiger partial charge on any atom is 0.319 e. The average molecular weight is 446 g/mol. The summed E-state index contributed by atoms with van der Waals surface area (Å²) in [6.45, 7) is 9.22. The van der Waals surface area contributed by atoms with Gasteiger partial charge in [0.15, 0.2) is 0 Å². The molecule has 6 nitrogen and oxygen atoms in total. The SMILES string of the molecule is CCCCC(CC)COC(=O)CC(SCCC(N)=O)C(=O)OCC(CC)CCCC. The summed E-state index contributed by atoms with van der Waals surface area (Å²) in [5, 5.41) is -0.670. The second-order valence-corrected chi connectivity index (χ2v) is 9.24. The number of ether oxygens (including phenoxy) is 2. The lowest BCUT2D eigenvalue weighted by molar-refractivity contribution is -0.151. The van der Waals surface area contributed by atoms with Crippen LogP contribution in [0, 0.1) is 11.8 Å². The fraction of sp³-hybridized carbons (Fsp3) is 0.870. The third-order valence-corrected chi connectivity index (χ3v) is 6.51. The average Bonchev–Trinajstić information content (AvgIpc) is 2.72. The van der Waals surface area contributed by atoms with Gasteiger partial charge < -0.3 is 15.2 Å². The van der Waals surface area contributed by atoms with Crippen LogP contribution in [0.25, 0.3) is 0 Å². The van der Waals surface area contributed by atoms with Gasteiger partial charge in [-0.3, -0.25) is 14.4 Å². The first-order chi connectivity index (χ1) is 14.4. The summed E-state index contributed by atoms with van der Waals surface area (Å²) in [6, 6.07) is 0. The van der Waals surface area contributed by atoms with Crippen molar-refractivity contribution in [2.45, 2.75) is 97.2 Å². The first-order valence-corrected chi connectivity index (χ1v) is 12.6. The Hall–Kier alpha value is -1.24. The van der Waals surface area contributed by atoms with E-state index in [0.29, 0.717) is 30.8 Å². The standard InChI is InChI=1S/C23H43NO5S/c1-5-9-11-18(7-3)16-28-22(26)15-20(30-14-13-21(24)25)23(27)29-17-19(8-4)12-10-6-2/h18-20H,5-17H2,1-4H3,(H2,24,25). The molecule has 2 N–H and O–H groups in total. The molecular weight excluding hydrogens is 402 g/mol. The first kappa shape index (κ1) is 28.8. The monoisotopic (exact) mass is 445 g/mol. The van der Waals surface area contributed by atoms with Crippen molar-refractivity contribution < 1.29 is 23.9 Å². The van der Waals surface area contributed by atoms with E-state index in [1.54, 1.807) is 0 Å². The van der Waals surface area contributed by atoms with E-state index in [-0.39, 0.29) is 12.8 Å². The molecule has 30 heavy (non-hydrogen) atoms. The van der Waals surface area contributed by atoms with Crippen LogP contribution in [0.1, 0.15) is 91.9 Å². The second-order valence-electron chi connectivity index (χ2n) is 7.93. The van der Waals surface area contributed by atoms with Crippen LogP contribution in [-0.4, -0.2) is 42.1 Å². The molecule has 1 amide bonds. The molecule has 0 aromatic carbocycles. The van der Waals surface area contributed by atoms with Crippen LogP contribution in [0.15, 0.2) is 0 Å². The zero-order valence-electron chi connectivity index (χ0n) is 19.5. The molecule has 0 aliphatic rings. The number of thioether (sulfide) groups is 1. The molecule has 0 bridgehead atoms. The van der Waals surface area contributed by atoms with Gasteiger partial charge in [0.05, 0.1) is 19.6 Å². The maximum atomic E-state index is 12.6. The Morgan fingerprint density at radius 1 is 0.867 bits per heavy atom. The molecule has 0 saturated heterocycles. The predicted octanol–water partition coefficient (Wildman–Crippen LogP) is 4.87. The number of hydrogen-bond donors (Lipinski definition) is 1. The van der Waals surface area contributed by atoms with E-state index in [1.807, 2.05) is 0 Å². The smallest absolute Gasteiger partial charge is 0.319 e. The van der Waals surface area contributed by atoms with Crippen molar-refractivity contribution in [1.29, 1.82) is 0 Å². The van der Waals surface area contributed by atoms with Gasteiger partial charge in [0, 0.05) is 12.2 Å². The van der Waals surface area contributed by atoms with Crippen LogP contribution in [0.2, 0.25) is 0 Å². The molecule has 0 radical (unpaired) electrons. The molecule has 0 aromatic heterocycles. The van der Waals surface area contributed by atoms with Crippen LogP contribution in [-0.2, 0) is 23.9 Å². The molecule has 176 valence electrons. The molecule has 0 saturated carbocycles. The van der Waals surface area contributed by atoms with Crippen molar-refractivity contribution in [3.8, 4) is 0 Å². The Kier molecular flexibility index (Phi) is 17.8. The summed E-state index contributed by atoms with van der Waals surface area (Å²) < 4.78 is 11.0. The number of unbranched alkanes of at least 4 members (excludes halogenated alkanes) is 2. The largest absolute Gasteiger partial charge is 0.465 e. The summed E-state index contributed by atoms with van der Waals surface area (Å²) in [5.74, 6) is -0.161. The topological polar surface area (TPSA) is 95.7 Å². The van der Waals surface area contributed by atoms with Crippen LogP contribution in [0.5, 0.6) is 0 Å². The van der Waals surface area contributed by atoms with Crippen molar-refractivity contribution in [2.24, 2.45) is 17.6 Å². The van der Waals surface area contributed by atoms with Gasteiger partial charge in [-0.25, -0.2) is 0 Å². The van der Waals surface area contributed by atoms with Crippen molar-refractivity contribution in [1.82, 2.24) is 0 Å². The number of nitrogens with two attached hydrogens (primary N) is 1. The molecule has 7 heteroatoms. The van der Waals surface area contributed by atoms with Gasteiger partial charge in [-0.1, -0.05) is 66.2 Å². The Balaban J connectivity index is 4.70. The number of primary amides is 1. The van der Waals surface area contributed by atoms with E-state index < -0.39 is 23.1 Å². The number of esters is 2. The van der Waals surface area contributed by atoms with Gasteiger partial charge in [-0.2, -0.15) is 0 Å². The predicted molar refractivity (Wildman–Crippen MR) is 123 cm³/mol. The summed E-state index contributed by atoms with van der Waals surface area (Å²) in [7, 11) is 0. The van der Waals surface area contributed by atoms with Crippen LogP contribution in [0.4, 0.5) is 0 Å². The molecule has 0 aliphatic carbocycles. The zero-order valence-corrected chi connectivity index (χ0v) is 20.3. The van der Waals surface area contributed by atoms with E-state index in [9.17, 15) is 14.4 Å². The normalized spacial score (nSPS) is 14.0. The molecule has 3 atom stereocenters. The molecule has 0 aromatic rings. The van der Waals surface area contributed by atoms with Crippen molar-refractivity contribution in [3.05, 3.63) is 0 Å². The van der Waals surface area contributed by atoms with E-state index in [0.717, 1.165) is 51.4 Å². The second kappa shape index (κ2) is 18.5. The fourth-order valence-electron chi connectivity index (χ4n) is 3.02. The van der Waals surface area contributed by atoms with Crippen molar-refractivity contribution in [2.75, 3.05) is 19.0 Å². The molecule has 0 fully saturated rings. The lowest BCUT2D eigenvalue weighted by Gasteiger charge is -2.19. The van der Waals surface area contributed by atoms with Gasteiger partial charge in [-0.05, 0) is 24.7 Å². The fourth-order valence-corrected chi connectivity index (χ4v) is 4.08. The molecular formula is C23H43NO5S. The summed E-state index contributed by atoms with van der Waals surface area (Å²) in [6.07, 6.45) is 8.54. The Morgan fingerprint density at radius 2 is 1.40 bits per heavy atom. The molecule has 0 aliphatic heterocycles. The van der Waals surface area contributed by atoms with Crippen LogP contribution >= 0.6 is 11.8 Å². The highest BCUT2D eigenvalue weighted by atomic mass is 32.2. The summed E-state index contributed by atoms with van der Waals surface area (Å²) in [4.78, 5) is 36.0. The van der Waals surface area contributed by atoms with E-state index in [4.69, 9.17) is 15.2 Å². The minimum atomic E-state index is -0.670. The number of carbonyl (C=O) groups excluding carboxylic acids is 3. The number of hydrogen-bond acceptors (Lipinski definition) is 6. The van der Waals surface area contributed by atoms with Gasteiger partial charge in [0.2, 0.25) is 5.91 Å². The van der Waals surface area contributed by atoms with Gasteiger partial charge in [-0.15, -0.1) is 11.8 Å². The van der Waals surface area contributed by atoms with Crippen molar-refractivity contribution >= 4 is 29.6 Å². The molecule has 0 spiro atoms. The third-order valence-electron chi connectivity index (χ3n) is 5.31.